The molecule has 8 nitrogen and oxygen atoms in total. The summed E-state index contributed by atoms with van der Waals surface area (Å²) in [5.74, 6) is 6.73. The summed E-state index contributed by atoms with van der Waals surface area (Å²) >= 11 is 1.44. The molecule has 28 heavy (non-hydrogen) atoms. The largest absolute Gasteiger partial charge is 0.497 e. The normalized spacial score (nSPS) is 11.2. The number of carbonyl (C=O) groups excluding carboxylic acids is 1. The standard InChI is InChI=1S/C19H25N5O3S/c1-27-18-8-4-14(5-9-18)10-17(20)12-24(21)13-28-22-11-15-2-6-16(7-3-15)19(25)23-26/h2-9,12,22,26H,10-11,13,20-21H2,1H3,(H,23,25)/b17-12-. The molecule has 9 heteroatoms. The van der Waals surface area contributed by atoms with Gasteiger partial charge in [-0.25, -0.2) is 11.3 Å². The second-order valence-corrected chi connectivity index (χ2v) is 6.81. The van der Waals surface area contributed by atoms with Gasteiger partial charge in [0.1, 0.15) is 5.75 Å². The third kappa shape index (κ3) is 7.12. The second-order valence-electron chi connectivity index (χ2n) is 5.98. The van der Waals surface area contributed by atoms with Gasteiger partial charge < -0.3 is 15.5 Å². The number of ether oxygens (including phenoxy) is 1. The molecule has 0 saturated heterocycles. The Morgan fingerprint density at radius 1 is 1.18 bits per heavy atom. The van der Waals surface area contributed by atoms with Crippen molar-refractivity contribution in [3.63, 3.8) is 0 Å². The minimum Gasteiger partial charge on any atom is -0.497 e. The van der Waals surface area contributed by atoms with E-state index in [2.05, 4.69) is 4.72 Å². The predicted molar refractivity (Wildman–Crippen MR) is 110 cm³/mol. The number of rotatable bonds is 10. The summed E-state index contributed by atoms with van der Waals surface area (Å²) in [6, 6.07) is 14.6. The summed E-state index contributed by atoms with van der Waals surface area (Å²) in [6.45, 7) is 0.602. The number of hydrazine groups is 1. The Bertz CT molecular complexity index is 781. The number of nitrogens with two attached hydrogens (primary N) is 2. The van der Waals surface area contributed by atoms with E-state index < -0.39 is 5.91 Å². The minimum absolute atomic E-state index is 0.393. The fraction of sp³-hybridized carbons (Fsp3) is 0.211. The van der Waals surface area contributed by atoms with Gasteiger partial charge in [0.15, 0.2) is 0 Å². The van der Waals surface area contributed by atoms with E-state index in [0.717, 1.165) is 16.9 Å². The van der Waals surface area contributed by atoms with Crippen molar-refractivity contribution in [3.8, 4) is 5.75 Å². The molecule has 0 aliphatic heterocycles. The third-order valence-electron chi connectivity index (χ3n) is 3.81. The molecule has 2 aromatic carbocycles. The van der Waals surface area contributed by atoms with Gasteiger partial charge in [0.25, 0.3) is 5.91 Å². The van der Waals surface area contributed by atoms with Crippen molar-refractivity contribution < 1.29 is 14.7 Å². The highest BCUT2D eigenvalue weighted by molar-refractivity contribution is 7.97. The SMILES string of the molecule is COc1ccc(C/C(N)=C/N(N)CSNCc2ccc(C(=O)NO)cc2)cc1. The number of amides is 1. The fourth-order valence-electron chi connectivity index (χ4n) is 2.37. The van der Waals surface area contributed by atoms with Crippen LogP contribution in [0.25, 0.3) is 0 Å². The van der Waals surface area contributed by atoms with Crippen molar-refractivity contribution in [2.24, 2.45) is 11.6 Å². The van der Waals surface area contributed by atoms with Crippen molar-refractivity contribution in [1.82, 2.24) is 15.2 Å². The van der Waals surface area contributed by atoms with E-state index in [-0.39, 0.29) is 0 Å². The molecule has 0 aliphatic rings. The Hall–Kier alpha value is -2.72. The van der Waals surface area contributed by atoms with Crippen LogP contribution in [-0.4, -0.2) is 29.1 Å². The minimum atomic E-state index is -0.535. The molecule has 0 spiro atoms. The highest BCUT2D eigenvalue weighted by atomic mass is 32.2. The van der Waals surface area contributed by atoms with Gasteiger partial charge in [-0.05, 0) is 35.4 Å². The monoisotopic (exact) mass is 403 g/mol. The van der Waals surface area contributed by atoms with E-state index in [1.807, 2.05) is 36.4 Å². The van der Waals surface area contributed by atoms with E-state index >= 15 is 0 Å². The molecule has 0 aliphatic carbocycles. The summed E-state index contributed by atoms with van der Waals surface area (Å²) < 4.78 is 8.33. The fourth-order valence-corrected chi connectivity index (χ4v) is 2.95. The zero-order valence-corrected chi connectivity index (χ0v) is 16.4. The van der Waals surface area contributed by atoms with Crippen LogP contribution in [-0.2, 0) is 13.0 Å². The molecular weight excluding hydrogens is 378 g/mol. The highest BCUT2D eigenvalue weighted by Crippen LogP contribution is 2.13. The maximum atomic E-state index is 11.3. The van der Waals surface area contributed by atoms with Crippen LogP contribution in [0.15, 0.2) is 60.4 Å². The quantitative estimate of drug-likeness (QED) is 0.101. The molecule has 0 saturated carbocycles. The molecule has 0 aromatic heterocycles. The van der Waals surface area contributed by atoms with Crippen molar-refractivity contribution in [2.45, 2.75) is 13.0 Å². The first-order chi connectivity index (χ1) is 13.5. The van der Waals surface area contributed by atoms with Crippen LogP contribution in [0, 0.1) is 0 Å². The molecule has 7 N–H and O–H groups in total. The Morgan fingerprint density at radius 2 is 1.82 bits per heavy atom. The third-order valence-corrected chi connectivity index (χ3v) is 4.58. The first-order valence-electron chi connectivity index (χ1n) is 8.50. The number of benzene rings is 2. The van der Waals surface area contributed by atoms with E-state index in [1.165, 1.54) is 17.0 Å². The average molecular weight is 404 g/mol. The molecular formula is C19H25N5O3S. The van der Waals surface area contributed by atoms with Gasteiger partial charge in [0.2, 0.25) is 0 Å². The van der Waals surface area contributed by atoms with E-state index in [4.69, 9.17) is 21.5 Å². The Balaban J connectivity index is 1.71. The van der Waals surface area contributed by atoms with Crippen LogP contribution < -0.4 is 26.5 Å². The molecule has 2 rings (SSSR count). The summed E-state index contributed by atoms with van der Waals surface area (Å²) in [4.78, 5) is 11.3. The van der Waals surface area contributed by atoms with Gasteiger partial charge in [-0.1, -0.05) is 36.2 Å². The zero-order valence-electron chi connectivity index (χ0n) is 15.6. The summed E-state index contributed by atoms with van der Waals surface area (Å²) in [5.41, 5.74) is 10.8. The Labute approximate surface area is 168 Å². The summed E-state index contributed by atoms with van der Waals surface area (Å²) in [7, 11) is 1.63. The molecule has 0 fully saturated rings. The molecule has 0 radical (unpaired) electrons. The van der Waals surface area contributed by atoms with Gasteiger partial charge >= 0.3 is 0 Å². The number of methoxy groups -OCH3 is 1. The van der Waals surface area contributed by atoms with Crippen LogP contribution in [0.4, 0.5) is 0 Å². The van der Waals surface area contributed by atoms with Gasteiger partial charge in [-0.3, -0.25) is 14.7 Å². The number of hydroxylamine groups is 1. The molecule has 1 amide bonds. The van der Waals surface area contributed by atoms with Crippen molar-refractivity contribution in [1.29, 1.82) is 0 Å². The number of hydrogen-bond acceptors (Lipinski definition) is 8. The molecule has 0 unspecified atom stereocenters. The van der Waals surface area contributed by atoms with Crippen LogP contribution >= 0.6 is 11.9 Å². The molecule has 2 aromatic rings. The van der Waals surface area contributed by atoms with Gasteiger partial charge in [-0.2, -0.15) is 0 Å². The number of hydrogen-bond donors (Lipinski definition) is 5. The van der Waals surface area contributed by atoms with Crippen LogP contribution in [0.3, 0.4) is 0 Å². The number of nitrogens with one attached hydrogen (secondary N) is 2. The molecule has 0 bridgehead atoms. The number of allylic oxidation sites excluding steroid dienone is 1. The lowest BCUT2D eigenvalue weighted by molar-refractivity contribution is 0.0706. The lowest BCUT2D eigenvalue weighted by atomic mass is 10.1. The van der Waals surface area contributed by atoms with E-state index in [0.29, 0.717) is 30.1 Å². The Morgan fingerprint density at radius 3 is 2.43 bits per heavy atom. The number of nitrogens with zero attached hydrogens (tertiary/aromatic N) is 1. The first-order valence-corrected chi connectivity index (χ1v) is 9.49. The van der Waals surface area contributed by atoms with Crippen molar-refractivity contribution >= 4 is 17.9 Å². The number of carbonyl (C=O) groups is 1. The second kappa shape index (κ2) is 11.2. The summed E-state index contributed by atoms with van der Waals surface area (Å²) in [6.07, 6.45) is 2.31. The van der Waals surface area contributed by atoms with Crippen molar-refractivity contribution in [3.05, 3.63) is 77.1 Å². The van der Waals surface area contributed by atoms with Gasteiger partial charge in [0, 0.05) is 30.4 Å². The maximum absolute atomic E-state index is 11.3. The van der Waals surface area contributed by atoms with Crippen molar-refractivity contribution in [2.75, 3.05) is 13.0 Å². The summed E-state index contributed by atoms with van der Waals surface area (Å²) in [5, 5.41) is 10.1. The Kier molecular flexibility index (Phi) is 8.63. The molecule has 0 atom stereocenters. The molecule has 0 heterocycles. The lowest BCUT2D eigenvalue weighted by Crippen LogP contribution is -2.28. The van der Waals surface area contributed by atoms with E-state index in [9.17, 15) is 4.79 Å². The topological polar surface area (TPSA) is 126 Å². The predicted octanol–water partition coefficient (Wildman–Crippen LogP) is 1.73. The van der Waals surface area contributed by atoms with Crippen LogP contribution in [0.5, 0.6) is 5.75 Å². The lowest BCUT2D eigenvalue weighted by Gasteiger charge is -2.15. The first kappa shape index (κ1) is 21.6. The van der Waals surface area contributed by atoms with Gasteiger partial charge in [-0.15, -0.1) is 0 Å². The smallest absolute Gasteiger partial charge is 0.274 e. The van der Waals surface area contributed by atoms with Gasteiger partial charge in [0.05, 0.1) is 13.0 Å². The molecule has 150 valence electrons. The van der Waals surface area contributed by atoms with E-state index in [1.54, 1.807) is 30.9 Å². The highest BCUT2D eigenvalue weighted by Gasteiger charge is 2.03. The maximum Gasteiger partial charge on any atom is 0.274 e. The average Bonchev–Trinajstić information content (AvgIpc) is 2.71. The van der Waals surface area contributed by atoms with Crippen LogP contribution in [0.2, 0.25) is 0 Å². The van der Waals surface area contributed by atoms with Crippen LogP contribution in [0.1, 0.15) is 21.5 Å². The zero-order chi connectivity index (χ0) is 20.4.